The first kappa shape index (κ1) is 18.0. The SMILES string of the molecule is CCn1nc(C)c(Cl)c1C(=O)Nc1ccc(OCc2ccccc2)cc1. The van der Waals surface area contributed by atoms with Gasteiger partial charge >= 0.3 is 0 Å². The van der Waals surface area contributed by atoms with Crippen molar-refractivity contribution in [1.29, 1.82) is 0 Å². The summed E-state index contributed by atoms with van der Waals surface area (Å²) in [5.41, 5.74) is 2.78. The van der Waals surface area contributed by atoms with Gasteiger partial charge in [-0.3, -0.25) is 9.48 Å². The number of anilines is 1. The zero-order valence-electron chi connectivity index (χ0n) is 14.7. The lowest BCUT2D eigenvalue weighted by atomic mass is 10.2. The highest BCUT2D eigenvalue weighted by atomic mass is 35.5. The number of nitrogens with zero attached hydrogens (tertiary/aromatic N) is 2. The first-order valence-corrected chi connectivity index (χ1v) is 8.77. The van der Waals surface area contributed by atoms with Gasteiger partial charge in [-0.25, -0.2) is 0 Å². The molecule has 0 aliphatic heterocycles. The Bertz CT molecular complexity index is 889. The number of ether oxygens (including phenoxy) is 1. The molecule has 1 heterocycles. The molecule has 0 fully saturated rings. The largest absolute Gasteiger partial charge is 0.489 e. The number of carbonyl (C=O) groups excluding carboxylic acids is 1. The van der Waals surface area contributed by atoms with Crippen LogP contribution in [0.15, 0.2) is 54.6 Å². The average molecular weight is 370 g/mol. The maximum atomic E-state index is 12.5. The van der Waals surface area contributed by atoms with Crippen LogP contribution in [0, 0.1) is 6.92 Å². The first-order valence-electron chi connectivity index (χ1n) is 8.39. The Morgan fingerprint density at radius 2 is 1.85 bits per heavy atom. The zero-order chi connectivity index (χ0) is 18.5. The fourth-order valence-electron chi connectivity index (χ4n) is 2.57. The van der Waals surface area contributed by atoms with Crippen LogP contribution in [0.1, 0.15) is 28.7 Å². The Labute approximate surface area is 157 Å². The van der Waals surface area contributed by atoms with Gasteiger partial charge in [-0.2, -0.15) is 5.10 Å². The highest BCUT2D eigenvalue weighted by Crippen LogP contribution is 2.22. The molecule has 0 atom stereocenters. The molecule has 0 aliphatic rings. The second-order valence-electron chi connectivity index (χ2n) is 5.82. The normalized spacial score (nSPS) is 10.6. The second kappa shape index (κ2) is 8.06. The number of nitrogens with one attached hydrogen (secondary N) is 1. The van der Waals surface area contributed by atoms with E-state index in [1.807, 2.05) is 49.4 Å². The first-order chi connectivity index (χ1) is 12.6. The summed E-state index contributed by atoms with van der Waals surface area (Å²) in [5, 5.41) is 7.49. The van der Waals surface area contributed by atoms with Gasteiger partial charge in [0.2, 0.25) is 0 Å². The van der Waals surface area contributed by atoms with Crippen molar-refractivity contribution < 1.29 is 9.53 Å². The van der Waals surface area contributed by atoms with Crippen molar-refractivity contribution in [2.45, 2.75) is 27.0 Å². The van der Waals surface area contributed by atoms with E-state index >= 15 is 0 Å². The van der Waals surface area contributed by atoms with Gasteiger partial charge in [0.15, 0.2) is 0 Å². The Balaban J connectivity index is 1.65. The fourth-order valence-corrected chi connectivity index (χ4v) is 2.79. The van der Waals surface area contributed by atoms with Gasteiger partial charge in [-0.1, -0.05) is 41.9 Å². The summed E-state index contributed by atoms with van der Waals surface area (Å²) in [6.07, 6.45) is 0. The number of amides is 1. The molecule has 1 amide bonds. The van der Waals surface area contributed by atoms with Crippen molar-refractivity contribution in [3.63, 3.8) is 0 Å². The fraction of sp³-hybridized carbons (Fsp3) is 0.200. The second-order valence-corrected chi connectivity index (χ2v) is 6.19. The van der Waals surface area contributed by atoms with Crippen LogP contribution in [-0.2, 0) is 13.2 Å². The quantitative estimate of drug-likeness (QED) is 0.685. The van der Waals surface area contributed by atoms with Gasteiger partial charge in [0.25, 0.3) is 5.91 Å². The number of aryl methyl sites for hydroxylation is 2. The third-order valence-corrected chi connectivity index (χ3v) is 4.38. The summed E-state index contributed by atoms with van der Waals surface area (Å²) < 4.78 is 7.35. The molecule has 0 radical (unpaired) electrons. The minimum atomic E-state index is -0.282. The predicted molar refractivity (Wildman–Crippen MR) is 103 cm³/mol. The van der Waals surface area contributed by atoms with Gasteiger partial charge < -0.3 is 10.1 Å². The van der Waals surface area contributed by atoms with Crippen molar-refractivity contribution in [3.8, 4) is 5.75 Å². The average Bonchev–Trinajstić information content (AvgIpc) is 2.96. The standard InChI is InChI=1S/C20H20ClN3O2/c1-3-24-19(18(21)14(2)23-24)20(25)22-16-9-11-17(12-10-16)26-13-15-7-5-4-6-8-15/h4-12H,3,13H2,1-2H3,(H,22,25). The lowest BCUT2D eigenvalue weighted by Crippen LogP contribution is -2.17. The Morgan fingerprint density at radius 1 is 1.15 bits per heavy atom. The number of carbonyl (C=O) groups is 1. The van der Waals surface area contributed by atoms with Crippen LogP contribution in [-0.4, -0.2) is 15.7 Å². The summed E-state index contributed by atoms with van der Waals surface area (Å²) in [4.78, 5) is 12.5. The van der Waals surface area contributed by atoms with Gasteiger partial charge in [0, 0.05) is 12.2 Å². The third kappa shape index (κ3) is 4.06. The van der Waals surface area contributed by atoms with Crippen LogP contribution in [0.2, 0.25) is 5.02 Å². The molecular weight excluding hydrogens is 350 g/mol. The zero-order valence-corrected chi connectivity index (χ0v) is 15.5. The summed E-state index contributed by atoms with van der Waals surface area (Å²) in [6, 6.07) is 17.2. The van der Waals surface area contributed by atoms with E-state index in [4.69, 9.17) is 16.3 Å². The number of hydrogen-bond donors (Lipinski definition) is 1. The van der Waals surface area contributed by atoms with Crippen LogP contribution in [0.25, 0.3) is 0 Å². The van der Waals surface area contributed by atoms with Crippen molar-refractivity contribution >= 4 is 23.2 Å². The predicted octanol–water partition coefficient (Wildman–Crippen LogP) is 4.70. The molecular formula is C20H20ClN3O2. The Kier molecular flexibility index (Phi) is 5.58. The molecule has 3 rings (SSSR count). The lowest BCUT2D eigenvalue weighted by molar-refractivity contribution is 0.101. The number of hydrogen-bond acceptors (Lipinski definition) is 3. The van der Waals surface area contributed by atoms with Crippen LogP contribution in [0.5, 0.6) is 5.75 Å². The summed E-state index contributed by atoms with van der Waals surface area (Å²) in [7, 11) is 0. The molecule has 2 aromatic carbocycles. The molecule has 0 saturated heterocycles. The highest BCUT2D eigenvalue weighted by molar-refractivity contribution is 6.34. The molecule has 1 aromatic heterocycles. The third-order valence-electron chi connectivity index (χ3n) is 3.93. The smallest absolute Gasteiger partial charge is 0.275 e. The minimum Gasteiger partial charge on any atom is -0.489 e. The monoisotopic (exact) mass is 369 g/mol. The molecule has 1 N–H and O–H groups in total. The van der Waals surface area contributed by atoms with E-state index in [1.54, 1.807) is 23.7 Å². The molecule has 0 spiro atoms. The maximum absolute atomic E-state index is 12.5. The number of halogens is 1. The van der Waals surface area contributed by atoms with E-state index in [2.05, 4.69) is 10.4 Å². The highest BCUT2D eigenvalue weighted by Gasteiger charge is 2.19. The molecule has 3 aromatic rings. The Morgan fingerprint density at radius 3 is 2.50 bits per heavy atom. The van der Waals surface area contributed by atoms with Gasteiger partial charge in [-0.15, -0.1) is 0 Å². The van der Waals surface area contributed by atoms with Crippen molar-refractivity contribution in [2.24, 2.45) is 0 Å². The van der Waals surface area contributed by atoms with E-state index in [-0.39, 0.29) is 5.91 Å². The van der Waals surface area contributed by atoms with Gasteiger partial charge in [-0.05, 0) is 43.7 Å². The maximum Gasteiger partial charge on any atom is 0.275 e. The lowest BCUT2D eigenvalue weighted by Gasteiger charge is -2.09. The molecule has 134 valence electrons. The minimum absolute atomic E-state index is 0.282. The van der Waals surface area contributed by atoms with Crippen LogP contribution in [0.4, 0.5) is 5.69 Å². The molecule has 0 unspecified atom stereocenters. The number of aromatic nitrogens is 2. The molecule has 5 nitrogen and oxygen atoms in total. The van der Waals surface area contributed by atoms with E-state index in [9.17, 15) is 4.79 Å². The van der Waals surface area contributed by atoms with Crippen molar-refractivity contribution in [3.05, 3.63) is 76.6 Å². The van der Waals surface area contributed by atoms with Crippen LogP contribution in [0.3, 0.4) is 0 Å². The van der Waals surface area contributed by atoms with E-state index in [0.29, 0.717) is 35.2 Å². The van der Waals surface area contributed by atoms with E-state index in [0.717, 1.165) is 11.3 Å². The molecule has 0 saturated carbocycles. The Hall–Kier alpha value is -2.79. The van der Waals surface area contributed by atoms with Crippen LogP contribution < -0.4 is 10.1 Å². The van der Waals surface area contributed by atoms with Crippen LogP contribution >= 0.6 is 11.6 Å². The number of rotatable bonds is 6. The van der Waals surface area contributed by atoms with Crippen molar-refractivity contribution in [1.82, 2.24) is 9.78 Å². The van der Waals surface area contributed by atoms with E-state index in [1.165, 1.54) is 0 Å². The van der Waals surface area contributed by atoms with E-state index < -0.39 is 0 Å². The van der Waals surface area contributed by atoms with Gasteiger partial charge in [0.05, 0.1) is 10.7 Å². The van der Waals surface area contributed by atoms with Gasteiger partial charge in [0.1, 0.15) is 18.1 Å². The summed E-state index contributed by atoms with van der Waals surface area (Å²) >= 11 is 6.21. The topological polar surface area (TPSA) is 56.2 Å². The summed E-state index contributed by atoms with van der Waals surface area (Å²) in [6.45, 7) is 4.77. The molecule has 0 aliphatic carbocycles. The summed E-state index contributed by atoms with van der Waals surface area (Å²) in [5.74, 6) is 0.453. The number of benzene rings is 2. The molecule has 0 bridgehead atoms. The molecule has 26 heavy (non-hydrogen) atoms. The van der Waals surface area contributed by atoms with Crippen molar-refractivity contribution in [2.75, 3.05) is 5.32 Å². The molecule has 6 heteroatoms.